The Morgan fingerprint density at radius 3 is 2.72 bits per heavy atom. The fourth-order valence-corrected chi connectivity index (χ4v) is 4.29. The maximum Gasteiger partial charge on any atom is 0.324 e. The molecular formula is C17H15N3O3S2. The van der Waals surface area contributed by atoms with Gasteiger partial charge in [-0.15, -0.1) is 0 Å². The Kier molecular flexibility index (Phi) is 4.65. The molecule has 2 heterocycles. The van der Waals surface area contributed by atoms with Crippen molar-refractivity contribution in [3.63, 3.8) is 0 Å². The Morgan fingerprint density at radius 1 is 1.28 bits per heavy atom. The Bertz CT molecular complexity index is 1090. The molecule has 25 heavy (non-hydrogen) atoms. The molecule has 3 aromatic rings. The number of benzene rings is 1. The number of rotatable bonds is 3. The largest absolute Gasteiger partial charge is 0.324 e. The normalized spacial score (nSPS) is 12.4. The molecule has 8 heteroatoms. The lowest BCUT2D eigenvalue weighted by molar-refractivity contribution is -0.380. The molecule has 0 spiro atoms. The first-order valence-electron chi connectivity index (χ1n) is 7.43. The number of thiophene rings is 1. The highest BCUT2D eigenvalue weighted by molar-refractivity contribution is 7.16. The minimum Gasteiger partial charge on any atom is -0.319 e. The molecule has 3 rings (SSSR count). The SMILES string of the molecule is Cc1cc(C)c2sc(=NC(=O)/C=C/c3ccc([N+](=O)[O-])s3)n(C)c2c1. The van der Waals surface area contributed by atoms with E-state index >= 15 is 0 Å². The average Bonchev–Trinajstić information content (AvgIpc) is 3.13. The number of hydrogen-bond acceptors (Lipinski definition) is 5. The number of aromatic nitrogens is 1. The van der Waals surface area contributed by atoms with Crippen LogP contribution in [0.4, 0.5) is 5.00 Å². The van der Waals surface area contributed by atoms with Gasteiger partial charge in [-0.25, -0.2) is 0 Å². The van der Waals surface area contributed by atoms with Crippen molar-refractivity contribution in [2.24, 2.45) is 12.0 Å². The second-order valence-electron chi connectivity index (χ2n) is 5.59. The first kappa shape index (κ1) is 17.2. The Labute approximate surface area is 151 Å². The van der Waals surface area contributed by atoms with Crippen LogP contribution in [0.2, 0.25) is 0 Å². The summed E-state index contributed by atoms with van der Waals surface area (Å²) in [6, 6.07) is 7.21. The molecule has 0 unspecified atom stereocenters. The van der Waals surface area contributed by atoms with E-state index in [2.05, 4.69) is 17.1 Å². The average molecular weight is 373 g/mol. The van der Waals surface area contributed by atoms with Gasteiger partial charge < -0.3 is 4.57 Å². The van der Waals surface area contributed by atoms with Gasteiger partial charge in [0, 0.05) is 24.1 Å². The molecule has 1 aromatic carbocycles. The van der Waals surface area contributed by atoms with Crippen LogP contribution in [0.5, 0.6) is 0 Å². The van der Waals surface area contributed by atoms with Crippen LogP contribution >= 0.6 is 22.7 Å². The summed E-state index contributed by atoms with van der Waals surface area (Å²) in [6.07, 6.45) is 2.88. The van der Waals surface area contributed by atoms with Crippen molar-refractivity contribution in [2.45, 2.75) is 13.8 Å². The van der Waals surface area contributed by atoms with Crippen LogP contribution in [0, 0.1) is 24.0 Å². The zero-order valence-corrected chi connectivity index (χ0v) is 15.5. The summed E-state index contributed by atoms with van der Waals surface area (Å²) >= 11 is 2.49. The number of fused-ring (bicyclic) bond motifs is 1. The number of amides is 1. The van der Waals surface area contributed by atoms with Crippen LogP contribution in [-0.4, -0.2) is 15.4 Å². The summed E-state index contributed by atoms with van der Waals surface area (Å²) in [5, 5.41) is 10.7. The molecule has 0 aliphatic rings. The van der Waals surface area contributed by atoms with Crippen molar-refractivity contribution >= 4 is 49.9 Å². The van der Waals surface area contributed by atoms with E-state index in [1.807, 2.05) is 25.5 Å². The number of hydrogen-bond donors (Lipinski definition) is 0. The fourth-order valence-electron chi connectivity index (χ4n) is 2.49. The van der Waals surface area contributed by atoms with Crippen LogP contribution in [0.1, 0.15) is 16.0 Å². The second-order valence-corrected chi connectivity index (χ2v) is 7.66. The van der Waals surface area contributed by atoms with E-state index < -0.39 is 10.8 Å². The molecule has 0 saturated carbocycles. The summed E-state index contributed by atoms with van der Waals surface area (Å²) < 4.78 is 3.01. The first-order valence-corrected chi connectivity index (χ1v) is 9.06. The lowest BCUT2D eigenvalue weighted by Gasteiger charge is -2.00. The van der Waals surface area contributed by atoms with E-state index in [9.17, 15) is 14.9 Å². The molecule has 6 nitrogen and oxygen atoms in total. The quantitative estimate of drug-likeness (QED) is 0.396. The van der Waals surface area contributed by atoms with E-state index in [0.29, 0.717) is 9.68 Å². The van der Waals surface area contributed by atoms with Crippen LogP contribution in [-0.2, 0) is 11.8 Å². The number of nitrogens with zero attached hydrogens (tertiary/aromatic N) is 3. The summed E-state index contributed by atoms with van der Waals surface area (Å²) in [5.74, 6) is -0.396. The fraction of sp³-hybridized carbons (Fsp3) is 0.176. The standard InChI is InChI=1S/C17H15N3O3S2/c1-10-8-11(2)16-13(9-10)19(3)17(25-16)18-14(21)6-4-12-5-7-15(24-12)20(22)23/h4-9H,1-3H3/b6-4+,18-17?. The van der Waals surface area contributed by atoms with Gasteiger partial charge in [0.25, 0.3) is 5.91 Å². The van der Waals surface area contributed by atoms with Gasteiger partial charge in [0.1, 0.15) is 0 Å². The summed E-state index contributed by atoms with van der Waals surface area (Å²) in [6.45, 7) is 4.08. The third kappa shape index (κ3) is 3.59. The molecule has 0 N–H and O–H groups in total. The molecule has 0 atom stereocenters. The zero-order chi connectivity index (χ0) is 18.1. The van der Waals surface area contributed by atoms with Crippen LogP contribution < -0.4 is 4.80 Å². The zero-order valence-electron chi connectivity index (χ0n) is 13.8. The molecule has 0 aliphatic heterocycles. The Balaban J connectivity index is 1.92. The maximum absolute atomic E-state index is 12.1. The van der Waals surface area contributed by atoms with Gasteiger partial charge in [0.15, 0.2) is 4.80 Å². The molecular weight excluding hydrogens is 358 g/mol. The Morgan fingerprint density at radius 2 is 2.04 bits per heavy atom. The number of thiazole rings is 1. The first-order chi connectivity index (χ1) is 11.8. The molecule has 0 saturated heterocycles. The highest BCUT2D eigenvalue weighted by atomic mass is 32.1. The topological polar surface area (TPSA) is 77.5 Å². The number of nitro groups is 1. The van der Waals surface area contributed by atoms with Gasteiger partial charge in [-0.05, 0) is 43.2 Å². The number of carbonyl (C=O) groups is 1. The van der Waals surface area contributed by atoms with E-state index in [0.717, 1.165) is 32.7 Å². The molecule has 0 fully saturated rings. The molecule has 0 aliphatic carbocycles. The van der Waals surface area contributed by atoms with Crippen molar-refractivity contribution in [1.82, 2.24) is 4.57 Å². The summed E-state index contributed by atoms with van der Waals surface area (Å²) in [4.78, 5) is 27.8. The third-order valence-electron chi connectivity index (χ3n) is 3.63. The van der Waals surface area contributed by atoms with Gasteiger partial charge in [-0.2, -0.15) is 4.99 Å². The van der Waals surface area contributed by atoms with Crippen molar-refractivity contribution in [1.29, 1.82) is 0 Å². The van der Waals surface area contributed by atoms with Crippen molar-refractivity contribution < 1.29 is 9.72 Å². The number of aryl methyl sites for hydroxylation is 3. The lowest BCUT2D eigenvalue weighted by Crippen LogP contribution is -2.12. The molecule has 128 valence electrons. The van der Waals surface area contributed by atoms with Crippen LogP contribution in [0.15, 0.2) is 35.3 Å². The monoisotopic (exact) mass is 373 g/mol. The van der Waals surface area contributed by atoms with Crippen molar-refractivity contribution in [2.75, 3.05) is 0 Å². The van der Waals surface area contributed by atoms with Gasteiger partial charge in [0.05, 0.1) is 15.1 Å². The third-order valence-corrected chi connectivity index (χ3v) is 5.91. The van der Waals surface area contributed by atoms with Gasteiger partial charge in [-0.1, -0.05) is 28.7 Å². The van der Waals surface area contributed by atoms with E-state index in [1.165, 1.54) is 23.5 Å². The number of carbonyl (C=O) groups excluding carboxylic acids is 1. The second kappa shape index (κ2) is 6.73. The molecule has 0 bridgehead atoms. The smallest absolute Gasteiger partial charge is 0.319 e. The minimum atomic E-state index is -0.449. The van der Waals surface area contributed by atoms with Gasteiger partial charge in [0.2, 0.25) is 0 Å². The minimum absolute atomic E-state index is 0.0470. The van der Waals surface area contributed by atoms with E-state index in [1.54, 1.807) is 12.1 Å². The summed E-state index contributed by atoms with van der Waals surface area (Å²) in [7, 11) is 1.89. The maximum atomic E-state index is 12.1. The van der Waals surface area contributed by atoms with E-state index in [4.69, 9.17) is 0 Å². The molecule has 0 radical (unpaired) electrons. The van der Waals surface area contributed by atoms with Crippen molar-refractivity contribution in [3.05, 3.63) is 61.3 Å². The Hall–Kier alpha value is -2.58. The predicted molar refractivity (Wildman–Crippen MR) is 101 cm³/mol. The summed E-state index contributed by atoms with van der Waals surface area (Å²) in [5.41, 5.74) is 3.37. The molecule has 1 amide bonds. The van der Waals surface area contributed by atoms with Gasteiger partial charge in [-0.3, -0.25) is 14.9 Å². The van der Waals surface area contributed by atoms with Crippen molar-refractivity contribution in [3.8, 4) is 0 Å². The van der Waals surface area contributed by atoms with Crippen LogP contribution in [0.25, 0.3) is 16.3 Å². The molecule has 2 aromatic heterocycles. The van der Waals surface area contributed by atoms with Crippen LogP contribution in [0.3, 0.4) is 0 Å². The highest BCUT2D eigenvalue weighted by Crippen LogP contribution is 2.25. The van der Waals surface area contributed by atoms with Gasteiger partial charge >= 0.3 is 5.00 Å². The predicted octanol–water partition coefficient (Wildman–Crippen LogP) is 3.97. The lowest BCUT2D eigenvalue weighted by atomic mass is 10.1. The van der Waals surface area contributed by atoms with E-state index in [-0.39, 0.29) is 5.00 Å². The highest BCUT2D eigenvalue weighted by Gasteiger charge is 2.09.